The lowest BCUT2D eigenvalue weighted by Gasteiger charge is -2.23. The molecule has 0 saturated carbocycles. The fourth-order valence-corrected chi connectivity index (χ4v) is 1.67. The Bertz CT molecular complexity index is 242. The minimum absolute atomic E-state index is 0.0172. The van der Waals surface area contributed by atoms with E-state index < -0.39 is 5.97 Å². The van der Waals surface area contributed by atoms with Crippen LogP contribution in [-0.2, 0) is 4.79 Å². The molecule has 0 bridgehead atoms. The van der Waals surface area contributed by atoms with E-state index in [-0.39, 0.29) is 18.5 Å². The molecule has 1 aliphatic rings. The maximum Gasteiger partial charge on any atom is 0.320 e. The summed E-state index contributed by atoms with van der Waals surface area (Å²) in [6.45, 7) is 5.73. The number of amides is 2. The van der Waals surface area contributed by atoms with E-state index in [1.165, 1.54) is 0 Å². The first kappa shape index (κ1) is 10.8. The Balaban J connectivity index is 2.54. The molecule has 0 aliphatic carbocycles. The zero-order valence-electron chi connectivity index (χ0n) is 8.56. The third-order valence-electron chi connectivity index (χ3n) is 2.51. The summed E-state index contributed by atoms with van der Waals surface area (Å²) in [7, 11) is 0. The molecule has 14 heavy (non-hydrogen) atoms. The predicted octanol–water partition coefficient (Wildman–Crippen LogP) is 0.607. The molecule has 5 heteroatoms. The minimum Gasteiger partial charge on any atom is -0.481 e. The zero-order chi connectivity index (χ0) is 10.7. The highest BCUT2D eigenvalue weighted by atomic mass is 16.4. The summed E-state index contributed by atoms with van der Waals surface area (Å²) >= 11 is 0. The third kappa shape index (κ3) is 2.16. The third-order valence-corrected chi connectivity index (χ3v) is 2.51. The smallest absolute Gasteiger partial charge is 0.320 e. The van der Waals surface area contributed by atoms with Crippen molar-refractivity contribution in [2.45, 2.75) is 26.3 Å². The standard InChI is InChI=1S/C9H16N2O3/c1-3-10-4-5-11(9(10)14)7(2)6-8(12)13/h7H,3-6H2,1-2H3,(H,12,13). The molecule has 0 aromatic heterocycles. The second kappa shape index (κ2) is 4.30. The summed E-state index contributed by atoms with van der Waals surface area (Å²) in [4.78, 5) is 25.4. The molecule has 0 spiro atoms. The number of aliphatic carboxylic acids is 1. The van der Waals surface area contributed by atoms with Crippen molar-refractivity contribution < 1.29 is 14.7 Å². The van der Waals surface area contributed by atoms with Gasteiger partial charge in [0.15, 0.2) is 0 Å². The number of carbonyl (C=O) groups excluding carboxylic acids is 1. The first-order valence-electron chi connectivity index (χ1n) is 4.83. The van der Waals surface area contributed by atoms with E-state index in [4.69, 9.17) is 5.11 Å². The van der Waals surface area contributed by atoms with Crippen LogP contribution >= 0.6 is 0 Å². The van der Waals surface area contributed by atoms with Crippen LogP contribution in [0.25, 0.3) is 0 Å². The lowest BCUT2D eigenvalue weighted by molar-refractivity contribution is -0.137. The molecule has 1 N–H and O–H groups in total. The first-order chi connectivity index (χ1) is 6.56. The number of nitrogens with zero attached hydrogens (tertiary/aromatic N) is 2. The largest absolute Gasteiger partial charge is 0.481 e. The summed E-state index contributed by atoms with van der Waals surface area (Å²) < 4.78 is 0. The Kier molecular flexibility index (Phi) is 3.33. The highest BCUT2D eigenvalue weighted by Crippen LogP contribution is 2.13. The number of hydrogen-bond donors (Lipinski definition) is 1. The fourth-order valence-electron chi connectivity index (χ4n) is 1.67. The molecule has 5 nitrogen and oxygen atoms in total. The molecule has 1 rings (SSSR count). The minimum atomic E-state index is -0.861. The lowest BCUT2D eigenvalue weighted by atomic mass is 10.2. The van der Waals surface area contributed by atoms with Gasteiger partial charge < -0.3 is 14.9 Å². The van der Waals surface area contributed by atoms with Gasteiger partial charge in [-0.1, -0.05) is 0 Å². The van der Waals surface area contributed by atoms with Crippen molar-refractivity contribution in [3.63, 3.8) is 0 Å². The molecule has 1 heterocycles. The molecule has 0 aromatic rings. The summed E-state index contributed by atoms with van der Waals surface area (Å²) in [5, 5.41) is 8.60. The van der Waals surface area contributed by atoms with Gasteiger partial charge in [-0.25, -0.2) is 4.79 Å². The topological polar surface area (TPSA) is 60.9 Å². The summed E-state index contributed by atoms with van der Waals surface area (Å²) in [5.74, 6) is -0.861. The van der Waals surface area contributed by atoms with Gasteiger partial charge in [0.1, 0.15) is 0 Å². The van der Waals surface area contributed by atoms with Crippen LogP contribution in [0, 0.1) is 0 Å². The van der Waals surface area contributed by atoms with E-state index >= 15 is 0 Å². The second-order valence-electron chi connectivity index (χ2n) is 3.50. The molecular weight excluding hydrogens is 184 g/mol. The maximum absolute atomic E-state index is 11.6. The Morgan fingerprint density at radius 1 is 1.57 bits per heavy atom. The molecule has 0 aromatic carbocycles. The maximum atomic E-state index is 11.6. The molecule has 2 amide bonds. The van der Waals surface area contributed by atoms with Crippen molar-refractivity contribution in [3.05, 3.63) is 0 Å². The van der Waals surface area contributed by atoms with Gasteiger partial charge in [-0.3, -0.25) is 4.79 Å². The number of urea groups is 1. The summed E-state index contributed by atoms with van der Waals surface area (Å²) in [5.41, 5.74) is 0. The Morgan fingerprint density at radius 2 is 2.21 bits per heavy atom. The van der Waals surface area contributed by atoms with Crippen LogP contribution in [0.15, 0.2) is 0 Å². The molecule has 1 atom stereocenters. The zero-order valence-corrected chi connectivity index (χ0v) is 8.56. The molecule has 1 saturated heterocycles. The Morgan fingerprint density at radius 3 is 2.64 bits per heavy atom. The van der Waals surface area contributed by atoms with E-state index in [1.54, 1.807) is 16.7 Å². The summed E-state index contributed by atoms with van der Waals surface area (Å²) in [6, 6.07) is -0.252. The normalized spacial score (nSPS) is 18.9. The highest BCUT2D eigenvalue weighted by Gasteiger charge is 2.31. The average Bonchev–Trinajstić information content (AvgIpc) is 2.45. The number of carboxylic acid groups (broad SMARTS) is 1. The van der Waals surface area contributed by atoms with Gasteiger partial charge in [0.25, 0.3) is 0 Å². The second-order valence-corrected chi connectivity index (χ2v) is 3.50. The number of hydrogen-bond acceptors (Lipinski definition) is 2. The van der Waals surface area contributed by atoms with Crippen LogP contribution in [0.3, 0.4) is 0 Å². The van der Waals surface area contributed by atoms with Crippen molar-refractivity contribution in [2.24, 2.45) is 0 Å². The van der Waals surface area contributed by atoms with Crippen LogP contribution in [-0.4, -0.2) is 52.6 Å². The van der Waals surface area contributed by atoms with Crippen molar-refractivity contribution >= 4 is 12.0 Å². The van der Waals surface area contributed by atoms with Gasteiger partial charge in [0.05, 0.1) is 6.42 Å². The number of carbonyl (C=O) groups is 2. The van der Waals surface area contributed by atoms with Crippen molar-refractivity contribution in [1.29, 1.82) is 0 Å². The van der Waals surface area contributed by atoms with Gasteiger partial charge in [0, 0.05) is 25.7 Å². The molecule has 1 fully saturated rings. The average molecular weight is 200 g/mol. The van der Waals surface area contributed by atoms with Gasteiger partial charge in [-0.05, 0) is 13.8 Å². The molecule has 1 aliphatic heterocycles. The quantitative estimate of drug-likeness (QED) is 0.723. The molecule has 80 valence electrons. The summed E-state index contributed by atoms with van der Waals surface area (Å²) in [6.07, 6.45) is 0.0172. The van der Waals surface area contributed by atoms with Crippen LogP contribution in [0.1, 0.15) is 20.3 Å². The van der Waals surface area contributed by atoms with Crippen molar-refractivity contribution in [3.8, 4) is 0 Å². The van der Waals surface area contributed by atoms with E-state index in [2.05, 4.69) is 0 Å². The molecular formula is C9H16N2O3. The van der Waals surface area contributed by atoms with Crippen LogP contribution < -0.4 is 0 Å². The highest BCUT2D eigenvalue weighted by molar-refractivity contribution is 5.77. The first-order valence-corrected chi connectivity index (χ1v) is 4.83. The van der Waals surface area contributed by atoms with Crippen molar-refractivity contribution in [1.82, 2.24) is 9.80 Å². The van der Waals surface area contributed by atoms with Crippen molar-refractivity contribution in [2.75, 3.05) is 19.6 Å². The molecule has 1 unspecified atom stereocenters. The number of likely N-dealkylation sites (N-methyl/N-ethyl adjacent to an activating group) is 1. The van der Waals surface area contributed by atoms with Gasteiger partial charge >= 0.3 is 12.0 Å². The van der Waals surface area contributed by atoms with Gasteiger partial charge in [-0.15, -0.1) is 0 Å². The van der Waals surface area contributed by atoms with E-state index in [0.717, 1.165) is 0 Å². The van der Waals surface area contributed by atoms with Gasteiger partial charge in [0.2, 0.25) is 0 Å². The van der Waals surface area contributed by atoms with Crippen LogP contribution in [0.4, 0.5) is 4.79 Å². The fraction of sp³-hybridized carbons (Fsp3) is 0.778. The van der Waals surface area contributed by atoms with E-state index in [0.29, 0.717) is 19.6 Å². The Hall–Kier alpha value is -1.26. The predicted molar refractivity (Wildman–Crippen MR) is 51.1 cm³/mol. The lowest BCUT2D eigenvalue weighted by Crippen LogP contribution is -2.38. The SMILES string of the molecule is CCN1CCN(C(C)CC(=O)O)C1=O. The van der Waals surface area contributed by atoms with Gasteiger partial charge in [-0.2, -0.15) is 0 Å². The number of carboxylic acids is 1. The monoisotopic (exact) mass is 200 g/mol. The Labute approximate surface area is 83.3 Å². The van der Waals surface area contributed by atoms with E-state index in [9.17, 15) is 9.59 Å². The van der Waals surface area contributed by atoms with Crippen LogP contribution in [0.2, 0.25) is 0 Å². The van der Waals surface area contributed by atoms with E-state index in [1.807, 2.05) is 6.92 Å². The molecule has 0 radical (unpaired) electrons. The number of rotatable bonds is 4. The van der Waals surface area contributed by atoms with Crippen LogP contribution in [0.5, 0.6) is 0 Å².